The van der Waals surface area contributed by atoms with Crippen LogP contribution in [0.3, 0.4) is 0 Å². The monoisotopic (exact) mass is 331 g/mol. The number of nitrogens with zero attached hydrogens (tertiary/aromatic N) is 2. The van der Waals surface area contributed by atoms with Gasteiger partial charge in [-0.3, -0.25) is 20.2 Å². The average Bonchev–Trinajstić information content (AvgIpc) is 2.88. The van der Waals surface area contributed by atoms with E-state index in [1.165, 1.54) is 22.3 Å². The van der Waals surface area contributed by atoms with E-state index in [0.29, 0.717) is 16.6 Å². The molecular weight excluding hydrogens is 314 g/mol. The summed E-state index contributed by atoms with van der Waals surface area (Å²) in [4.78, 5) is 28.5. The van der Waals surface area contributed by atoms with Crippen LogP contribution >= 0.6 is 11.3 Å². The van der Waals surface area contributed by atoms with Gasteiger partial charge < -0.3 is 0 Å². The van der Waals surface area contributed by atoms with Gasteiger partial charge in [0, 0.05) is 22.1 Å². The van der Waals surface area contributed by atoms with Crippen LogP contribution in [0.25, 0.3) is 0 Å². The molecule has 120 valence electrons. The molecule has 1 aliphatic carbocycles. The number of amides is 1. The van der Waals surface area contributed by atoms with E-state index >= 15 is 0 Å². The van der Waals surface area contributed by atoms with Crippen LogP contribution in [0.4, 0.5) is 10.8 Å². The zero-order valence-electron chi connectivity index (χ0n) is 13.0. The number of fused-ring (bicyclic) bond motifs is 1. The molecule has 0 bridgehead atoms. The van der Waals surface area contributed by atoms with Crippen molar-refractivity contribution in [3.63, 3.8) is 0 Å². The summed E-state index contributed by atoms with van der Waals surface area (Å²) in [7, 11) is 0. The number of thiazole rings is 1. The SMILES string of the molecule is Cc1ccc(C(=O)Nc2nc3c(s2)CC(C)CC3)cc1[N+](=O)[O-]. The van der Waals surface area contributed by atoms with Gasteiger partial charge in [0.25, 0.3) is 11.6 Å². The molecule has 3 rings (SSSR count). The first-order valence-corrected chi connectivity index (χ1v) is 8.30. The molecule has 1 amide bonds. The Kier molecular flexibility index (Phi) is 4.12. The van der Waals surface area contributed by atoms with Crippen molar-refractivity contribution < 1.29 is 9.72 Å². The van der Waals surface area contributed by atoms with Crippen LogP contribution in [0.15, 0.2) is 18.2 Å². The van der Waals surface area contributed by atoms with E-state index in [0.717, 1.165) is 25.0 Å². The Hall–Kier alpha value is -2.28. The minimum Gasteiger partial charge on any atom is -0.298 e. The van der Waals surface area contributed by atoms with Crippen LogP contribution in [-0.4, -0.2) is 15.8 Å². The number of benzene rings is 1. The smallest absolute Gasteiger partial charge is 0.273 e. The summed E-state index contributed by atoms with van der Waals surface area (Å²) in [6.45, 7) is 3.86. The lowest BCUT2D eigenvalue weighted by Crippen LogP contribution is -2.12. The van der Waals surface area contributed by atoms with Crippen molar-refractivity contribution in [2.45, 2.75) is 33.1 Å². The van der Waals surface area contributed by atoms with Crippen LogP contribution in [0.1, 0.15) is 39.8 Å². The fraction of sp³-hybridized carbons (Fsp3) is 0.375. The molecule has 1 aliphatic rings. The Bertz CT molecular complexity index is 785. The number of nitro groups is 1. The molecule has 1 unspecified atom stereocenters. The molecule has 1 N–H and O–H groups in total. The number of anilines is 1. The molecule has 1 aromatic heterocycles. The maximum absolute atomic E-state index is 12.3. The highest BCUT2D eigenvalue weighted by Crippen LogP contribution is 2.32. The maximum Gasteiger partial charge on any atom is 0.273 e. The fourth-order valence-electron chi connectivity index (χ4n) is 2.71. The van der Waals surface area contributed by atoms with Gasteiger partial charge in [0.1, 0.15) is 0 Å². The number of hydrogen-bond donors (Lipinski definition) is 1. The van der Waals surface area contributed by atoms with E-state index < -0.39 is 4.92 Å². The summed E-state index contributed by atoms with van der Waals surface area (Å²) < 4.78 is 0. The van der Waals surface area contributed by atoms with E-state index in [2.05, 4.69) is 17.2 Å². The highest BCUT2D eigenvalue weighted by Gasteiger charge is 2.21. The third kappa shape index (κ3) is 3.24. The lowest BCUT2D eigenvalue weighted by Gasteiger charge is -2.15. The van der Waals surface area contributed by atoms with Gasteiger partial charge in [0.05, 0.1) is 10.6 Å². The number of hydrogen-bond acceptors (Lipinski definition) is 5. The largest absolute Gasteiger partial charge is 0.298 e. The van der Waals surface area contributed by atoms with Crippen LogP contribution in [0, 0.1) is 23.0 Å². The Morgan fingerprint density at radius 3 is 3.00 bits per heavy atom. The Morgan fingerprint density at radius 1 is 1.48 bits per heavy atom. The molecule has 1 atom stereocenters. The number of aryl methyl sites for hydroxylation is 2. The number of nitrogens with one attached hydrogen (secondary N) is 1. The summed E-state index contributed by atoms with van der Waals surface area (Å²) >= 11 is 1.50. The molecule has 6 nitrogen and oxygen atoms in total. The van der Waals surface area contributed by atoms with E-state index in [9.17, 15) is 14.9 Å². The number of aromatic nitrogens is 1. The van der Waals surface area contributed by atoms with Crippen LogP contribution < -0.4 is 5.32 Å². The normalized spacial score (nSPS) is 16.7. The molecule has 0 spiro atoms. The molecule has 0 aliphatic heterocycles. The van der Waals surface area contributed by atoms with Crippen molar-refractivity contribution in [3.05, 3.63) is 50.0 Å². The van der Waals surface area contributed by atoms with Crippen molar-refractivity contribution in [2.24, 2.45) is 5.92 Å². The standard InChI is InChI=1S/C16H17N3O3S/c1-9-3-6-12-14(7-9)23-16(17-12)18-15(20)11-5-4-10(2)13(8-11)19(21)22/h4-5,8-9H,3,6-7H2,1-2H3,(H,17,18,20). The van der Waals surface area contributed by atoms with Gasteiger partial charge in [-0.1, -0.05) is 13.0 Å². The molecule has 7 heteroatoms. The molecule has 0 saturated heterocycles. The van der Waals surface area contributed by atoms with E-state index in [1.54, 1.807) is 19.1 Å². The molecule has 0 radical (unpaired) electrons. The molecule has 1 heterocycles. The van der Waals surface area contributed by atoms with Gasteiger partial charge in [-0.05, 0) is 38.2 Å². The quantitative estimate of drug-likeness (QED) is 0.686. The second-order valence-electron chi connectivity index (χ2n) is 5.95. The topological polar surface area (TPSA) is 85.1 Å². The summed E-state index contributed by atoms with van der Waals surface area (Å²) in [6.07, 6.45) is 3.06. The Balaban J connectivity index is 1.80. The first kappa shape index (κ1) is 15.6. The van der Waals surface area contributed by atoms with Crippen molar-refractivity contribution >= 4 is 28.1 Å². The van der Waals surface area contributed by atoms with Crippen molar-refractivity contribution in [1.82, 2.24) is 4.98 Å². The zero-order chi connectivity index (χ0) is 16.6. The molecule has 1 aromatic carbocycles. The molecule has 0 fully saturated rings. The lowest BCUT2D eigenvalue weighted by atomic mass is 9.93. The van der Waals surface area contributed by atoms with Gasteiger partial charge in [0.2, 0.25) is 0 Å². The Labute approximate surface area is 137 Å². The fourth-order valence-corrected chi connectivity index (χ4v) is 3.88. The first-order chi connectivity index (χ1) is 10.9. The van der Waals surface area contributed by atoms with Crippen LogP contribution in [-0.2, 0) is 12.8 Å². The number of carbonyl (C=O) groups excluding carboxylic acids is 1. The molecular formula is C16H17N3O3S. The summed E-state index contributed by atoms with van der Waals surface area (Å²) in [5.74, 6) is 0.276. The summed E-state index contributed by atoms with van der Waals surface area (Å²) in [6, 6.07) is 4.48. The molecule has 23 heavy (non-hydrogen) atoms. The third-order valence-corrected chi connectivity index (χ3v) is 5.11. The third-order valence-electron chi connectivity index (χ3n) is 4.07. The second kappa shape index (κ2) is 6.08. The number of nitro benzene ring substituents is 1. The molecule has 2 aromatic rings. The van der Waals surface area contributed by atoms with Gasteiger partial charge in [-0.25, -0.2) is 4.98 Å². The maximum atomic E-state index is 12.3. The minimum absolute atomic E-state index is 0.0510. The van der Waals surface area contributed by atoms with Crippen molar-refractivity contribution in [1.29, 1.82) is 0 Å². The highest BCUT2D eigenvalue weighted by atomic mass is 32.1. The number of rotatable bonds is 3. The van der Waals surface area contributed by atoms with Crippen LogP contribution in [0.2, 0.25) is 0 Å². The van der Waals surface area contributed by atoms with Crippen LogP contribution in [0.5, 0.6) is 0 Å². The molecule has 0 saturated carbocycles. The lowest BCUT2D eigenvalue weighted by molar-refractivity contribution is -0.385. The van der Waals surface area contributed by atoms with Gasteiger partial charge in [-0.15, -0.1) is 11.3 Å². The predicted octanol–water partition coefficient (Wildman–Crippen LogP) is 3.74. The average molecular weight is 331 g/mol. The van der Waals surface area contributed by atoms with E-state index in [4.69, 9.17) is 0 Å². The summed E-state index contributed by atoms with van der Waals surface area (Å²) in [5, 5.41) is 14.3. The summed E-state index contributed by atoms with van der Waals surface area (Å²) in [5.41, 5.74) is 1.82. The van der Waals surface area contributed by atoms with Gasteiger partial charge in [0.15, 0.2) is 5.13 Å². The van der Waals surface area contributed by atoms with Gasteiger partial charge in [-0.2, -0.15) is 0 Å². The highest BCUT2D eigenvalue weighted by molar-refractivity contribution is 7.15. The van der Waals surface area contributed by atoms with E-state index in [-0.39, 0.29) is 17.2 Å². The van der Waals surface area contributed by atoms with Crippen molar-refractivity contribution in [3.8, 4) is 0 Å². The second-order valence-corrected chi connectivity index (χ2v) is 7.03. The Morgan fingerprint density at radius 2 is 2.26 bits per heavy atom. The van der Waals surface area contributed by atoms with E-state index in [1.807, 2.05) is 0 Å². The number of carbonyl (C=O) groups is 1. The predicted molar refractivity (Wildman–Crippen MR) is 89.1 cm³/mol. The van der Waals surface area contributed by atoms with Gasteiger partial charge >= 0.3 is 0 Å². The first-order valence-electron chi connectivity index (χ1n) is 7.49. The zero-order valence-corrected chi connectivity index (χ0v) is 13.8. The minimum atomic E-state index is -0.477. The van der Waals surface area contributed by atoms with Crippen molar-refractivity contribution in [2.75, 3.05) is 5.32 Å².